The van der Waals surface area contributed by atoms with Gasteiger partial charge in [-0.2, -0.15) is 0 Å². The normalized spacial score (nSPS) is 11.1. The molecule has 7 heteroatoms. The lowest BCUT2D eigenvalue weighted by Gasteiger charge is -2.07. The summed E-state index contributed by atoms with van der Waals surface area (Å²) in [5.74, 6) is 0.900. The van der Waals surface area contributed by atoms with Gasteiger partial charge in [0.2, 0.25) is 0 Å². The number of furan rings is 2. The smallest absolute Gasteiger partial charge is 0.259 e. The van der Waals surface area contributed by atoms with Crippen molar-refractivity contribution in [2.24, 2.45) is 0 Å². The summed E-state index contributed by atoms with van der Waals surface area (Å²) in [4.78, 5) is 17.6. The fourth-order valence-corrected chi connectivity index (χ4v) is 3.26. The molecule has 0 spiro atoms. The summed E-state index contributed by atoms with van der Waals surface area (Å²) in [5, 5.41) is 7.63. The zero-order valence-electron chi connectivity index (χ0n) is 16.1. The summed E-state index contributed by atoms with van der Waals surface area (Å²) < 4.78 is 16.3. The zero-order valence-corrected chi connectivity index (χ0v) is 16.1. The number of carbonyl (C=O) groups excluding carboxylic acids is 1. The number of hydrogen-bond acceptors (Lipinski definition) is 6. The highest BCUT2D eigenvalue weighted by Gasteiger charge is 2.22. The molecule has 0 radical (unpaired) electrons. The second-order valence-corrected chi connectivity index (χ2v) is 6.87. The Hall–Kier alpha value is -4.13. The van der Waals surface area contributed by atoms with Crippen LogP contribution in [0, 0.1) is 6.92 Å². The fourth-order valence-electron chi connectivity index (χ4n) is 3.26. The van der Waals surface area contributed by atoms with E-state index in [1.807, 2.05) is 31.2 Å². The van der Waals surface area contributed by atoms with Crippen molar-refractivity contribution < 1.29 is 18.2 Å². The summed E-state index contributed by atoms with van der Waals surface area (Å²) in [6, 6.07) is 16.6. The average molecular weight is 399 g/mol. The van der Waals surface area contributed by atoms with Crippen LogP contribution in [0.3, 0.4) is 0 Å². The number of pyridine rings is 1. The minimum Gasteiger partial charge on any atom is -0.467 e. The van der Waals surface area contributed by atoms with Crippen molar-refractivity contribution in [1.82, 2.24) is 15.5 Å². The highest BCUT2D eigenvalue weighted by molar-refractivity contribution is 6.10. The molecule has 4 aromatic heterocycles. The molecule has 0 aliphatic heterocycles. The summed E-state index contributed by atoms with van der Waals surface area (Å²) in [6.07, 6.45) is 3.12. The van der Waals surface area contributed by atoms with Gasteiger partial charge < -0.3 is 18.7 Å². The molecule has 0 fully saturated rings. The van der Waals surface area contributed by atoms with Crippen LogP contribution in [-0.4, -0.2) is 16.0 Å². The van der Waals surface area contributed by atoms with Gasteiger partial charge in [0.25, 0.3) is 11.6 Å². The van der Waals surface area contributed by atoms with Gasteiger partial charge in [0.15, 0.2) is 5.76 Å². The quantitative estimate of drug-likeness (QED) is 0.448. The number of aromatic nitrogens is 2. The predicted octanol–water partition coefficient (Wildman–Crippen LogP) is 4.98. The van der Waals surface area contributed by atoms with Gasteiger partial charge in [0.05, 0.1) is 30.0 Å². The van der Waals surface area contributed by atoms with E-state index in [0.717, 1.165) is 11.1 Å². The average Bonchev–Trinajstić information content (AvgIpc) is 3.53. The summed E-state index contributed by atoms with van der Waals surface area (Å²) in [7, 11) is 0. The first-order chi connectivity index (χ1) is 14.7. The van der Waals surface area contributed by atoms with Crippen molar-refractivity contribution in [3.8, 4) is 22.7 Å². The lowest BCUT2D eigenvalue weighted by Crippen LogP contribution is -2.23. The summed E-state index contributed by atoms with van der Waals surface area (Å²) in [5.41, 5.74) is 3.68. The van der Waals surface area contributed by atoms with Crippen LogP contribution in [-0.2, 0) is 6.54 Å². The second kappa shape index (κ2) is 7.36. The number of carbonyl (C=O) groups is 1. The Bertz CT molecular complexity index is 1300. The fraction of sp³-hybridized carbons (Fsp3) is 0.0870. The van der Waals surface area contributed by atoms with E-state index in [0.29, 0.717) is 33.9 Å². The van der Waals surface area contributed by atoms with Gasteiger partial charge in [-0.15, -0.1) is 0 Å². The molecule has 1 aromatic carbocycles. The van der Waals surface area contributed by atoms with E-state index in [9.17, 15) is 4.79 Å². The van der Waals surface area contributed by atoms with Crippen LogP contribution in [0.25, 0.3) is 33.8 Å². The monoisotopic (exact) mass is 399 g/mol. The molecule has 30 heavy (non-hydrogen) atoms. The van der Waals surface area contributed by atoms with E-state index in [-0.39, 0.29) is 18.2 Å². The standard InChI is InChI=1S/C23H17N3O4/c1-14-6-8-15(9-7-14)21-20-17(22(27)24-13-16-4-2-10-28-16)12-18(19-5-3-11-29-19)25-23(20)30-26-21/h2-12H,13H2,1H3,(H,24,27). The first kappa shape index (κ1) is 17.9. The first-order valence-electron chi connectivity index (χ1n) is 9.41. The van der Waals surface area contributed by atoms with Gasteiger partial charge in [0, 0.05) is 5.56 Å². The number of fused-ring (bicyclic) bond motifs is 1. The molecule has 0 atom stereocenters. The maximum Gasteiger partial charge on any atom is 0.259 e. The molecule has 0 aliphatic rings. The maximum absolute atomic E-state index is 13.1. The summed E-state index contributed by atoms with van der Waals surface area (Å²) >= 11 is 0. The molecule has 0 unspecified atom stereocenters. The summed E-state index contributed by atoms with van der Waals surface area (Å²) in [6.45, 7) is 2.27. The van der Waals surface area contributed by atoms with Crippen LogP contribution in [0.4, 0.5) is 0 Å². The van der Waals surface area contributed by atoms with E-state index >= 15 is 0 Å². The Balaban J connectivity index is 1.63. The van der Waals surface area contributed by atoms with E-state index < -0.39 is 0 Å². The van der Waals surface area contributed by atoms with Gasteiger partial charge >= 0.3 is 0 Å². The van der Waals surface area contributed by atoms with Gasteiger partial charge in [-0.3, -0.25) is 4.79 Å². The van der Waals surface area contributed by atoms with E-state index in [1.165, 1.54) is 0 Å². The van der Waals surface area contributed by atoms with Crippen LogP contribution in [0.15, 0.2) is 80.5 Å². The van der Waals surface area contributed by atoms with Gasteiger partial charge in [-0.1, -0.05) is 35.0 Å². The van der Waals surface area contributed by atoms with Crippen molar-refractivity contribution >= 4 is 17.0 Å². The van der Waals surface area contributed by atoms with Gasteiger partial charge in [-0.05, 0) is 37.3 Å². The molecule has 0 bridgehead atoms. The molecule has 5 rings (SSSR count). The van der Waals surface area contributed by atoms with E-state index in [4.69, 9.17) is 13.4 Å². The van der Waals surface area contributed by atoms with Crippen LogP contribution in [0.1, 0.15) is 21.7 Å². The second-order valence-electron chi connectivity index (χ2n) is 6.87. The molecule has 148 valence electrons. The molecule has 1 amide bonds. The molecule has 1 N–H and O–H groups in total. The number of aryl methyl sites for hydroxylation is 1. The number of nitrogens with zero attached hydrogens (tertiary/aromatic N) is 2. The zero-order chi connectivity index (χ0) is 20.5. The highest BCUT2D eigenvalue weighted by atomic mass is 16.5. The number of benzene rings is 1. The van der Waals surface area contributed by atoms with Crippen molar-refractivity contribution in [2.45, 2.75) is 13.5 Å². The Morgan fingerprint density at radius 3 is 2.57 bits per heavy atom. The lowest BCUT2D eigenvalue weighted by molar-refractivity contribution is 0.0949. The van der Waals surface area contributed by atoms with Gasteiger partial charge in [-0.25, -0.2) is 4.98 Å². The minimum atomic E-state index is -0.289. The third kappa shape index (κ3) is 3.26. The number of rotatable bonds is 5. The molecule has 7 nitrogen and oxygen atoms in total. The lowest BCUT2D eigenvalue weighted by atomic mass is 10.0. The topological polar surface area (TPSA) is 94.3 Å². The van der Waals surface area contributed by atoms with Crippen LogP contribution < -0.4 is 5.32 Å². The SMILES string of the molecule is Cc1ccc(-c2noc3nc(-c4ccco4)cc(C(=O)NCc4ccco4)c23)cc1. The first-order valence-corrected chi connectivity index (χ1v) is 9.41. The maximum atomic E-state index is 13.1. The van der Waals surface area contributed by atoms with Gasteiger partial charge in [0.1, 0.15) is 17.1 Å². The minimum absolute atomic E-state index is 0.261. The van der Waals surface area contributed by atoms with Crippen molar-refractivity contribution in [2.75, 3.05) is 0 Å². The number of amides is 1. The molecular formula is C23H17N3O4. The van der Waals surface area contributed by atoms with E-state index in [1.54, 1.807) is 42.9 Å². The Kier molecular flexibility index (Phi) is 4.40. The predicted molar refractivity (Wildman–Crippen MR) is 110 cm³/mol. The molecule has 0 aliphatic carbocycles. The van der Waals surface area contributed by atoms with Crippen LogP contribution >= 0.6 is 0 Å². The highest BCUT2D eigenvalue weighted by Crippen LogP contribution is 2.33. The molecular weight excluding hydrogens is 382 g/mol. The number of hydrogen-bond donors (Lipinski definition) is 1. The Labute approximate surface area is 171 Å². The largest absolute Gasteiger partial charge is 0.467 e. The Morgan fingerprint density at radius 2 is 1.83 bits per heavy atom. The Morgan fingerprint density at radius 1 is 1.03 bits per heavy atom. The van der Waals surface area contributed by atoms with Crippen molar-refractivity contribution in [1.29, 1.82) is 0 Å². The molecule has 4 heterocycles. The van der Waals surface area contributed by atoms with Crippen molar-refractivity contribution in [3.05, 3.63) is 84.0 Å². The third-order valence-corrected chi connectivity index (χ3v) is 4.79. The van der Waals surface area contributed by atoms with Crippen molar-refractivity contribution in [3.63, 3.8) is 0 Å². The molecule has 0 saturated carbocycles. The van der Waals surface area contributed by atoms with Crippen LogP contribution in [0.5, 0.6) is 0 Å². The molecule has 0 saturated heterocycles. The number of nitrogens with one attached hydrogen (secondary N) is 1. The van der Waals surface area contributed by atoms with Crippen LogP contribution in [0.2, 0.25) is 0 Å². The van der Waals surface area contributed by atoms with E-state index in [2.05, 4.69) is 15.5 Å². The molecule has 5 aromatic rings. The third-order valence-electron chi connectivity index (χ3n) is 4.79.